The minimum Gasteiger partial charge on any atom is -0.484 e. The molecule has 0 radical (unpaired) electrons. The molecule has 0 atom stereocenters. The van der Waals surface area contributed by atoms with Crippen LogP contribution in [0.2, 0.25) is 0 Å². The molecule has 0 N–H and O–H groups in total. The molecule has 158 valence electrons. The molecule has 0 spiro atoms. The largest absolute Gasteiger partial charge is 0.484 e. The molecule has 9 heteroatoms. The zero-order chi connectivity index (χ0) is 21.1. The maximum absolute atomic E-state index is 14.4. The van der Waals surface area contributed by atoms with Crippen LogP contribution >= 0.6 is 0 Å². The first-order valence-corrected chi connectivity index (χ1v) is 10.1. The van der Waals surface area contributed by atoms with Crippen LogP contribution in [-0.2, 0) is 6.61 Å². The van der Waals surface area contributed by atoms with Crippen LogP contribution in [0.4, 0.5) is 4.39 Å². The molecular formula is C21H26FN7O. The van der Waals surface area contributed by atoms with Crippen molar-refractivity contribution in [3.8, 4) is 11.4 Å². The van der Waals surface area contributed by atoms with Crippen LogP contribution in [-0.4, -0.2) is 53.7 Å². The van der Waals surface area contributed by atoms with Gasteiger partial charge in [-0.05, 0) is 75.3 Å². The number of tetrazole rings is 1. The third-order valence-corrected chi connectivity index (χ3v) is 5.45. The van der Waals surface area contributed by atoms with Crippen LogP contribution in [0, 0.1) is 5.82 Å². The highest BCUT2D eigenvalue weighted by molar-refractivity contribution is 5.37. The number of piperidine rings is 1. The van der Waals surface area contributed by atoms with Crippen molar-refractivity contribution in [1.82, 2.24) is 35.1 Å². The number of hydrogen-bond donors (Lipinski definition) is 0. The van der Waals surface area contributed by atoms with Crippen molar-refractivity contribution in [1.29, 1.82) is 0 Å². The average Bonchev–Trinajstić information content (AvgIpc) is 3.27. The fraction of sp³-hybridized carbons (Fsp3) is 0.476. The van der Waals surface area contributed by atoms with E-state index in [0.717, 1.165) is 37.4 Å². The molecule has 8 nitrogen and oxygen atoms in total. The zero-order valence-electron chi connectivity index (χ0n) is 17.5. The van der Waals surface area contributed by atoms with E-state index in [0.29, 0.717) is 11.6 Å². The molecule has 1 saturated heterocycles. The van der Waals surface area contributed by atoms with E-state index in [1.807, 2.05) is 0 Å². The Morgan fingerprint density at radius 1 is 1.17 bits per heavy atom. The van der Waals surface area contributed by atoms with Crippen molar-refractivity contribution in [2.24, 2.45) is 0 Å². The van der Waals surface area contributed by atoms with E-state index in [-0.39, 0.29) is 17.9 Å². The summed E-state index contributed by atoms with van der Waals surface area (Å²) in [5, 5.41) is 10.9. The summed E-state index contributed by atoms with van der Waals surface area (Å²) in [6.45, 7) is 8.99. The van der Waals surface area contributed by atoms with Crippen molar-refractivity contribution < 1.29 is 9.13 Å². The van der Waals surface area contributed by atoms with Crippen molar-refractivity contribution in [3.63, 3.8) is 0 Å². The monoisotopic (exact) mass is 411 g/mol. The second-order valence-corrected chi connectivity index (χ2v) is 8.50. The number of aromatic nitrogens is 6. The summed E-state index contributed by atoms with van der Waals surface area (Å²) in [5.41, 5.74) is 1.45. The molecule has 0 saturated carbocycles. The van der Waals surface area contributed by atoms with Gasteiger partial charge in [0.2, 0.25) is 0 Å². The fourth-order valence-corrected chi connectivity index (χ4v) is 3.68. The lowest BCUT2D eigenvalue weighted by atomic mass is 9.92. The number of likely N-dealkylation sites (tertiary alicyclic amines) is 1. The standard InChI is InChI=1S/C21H26FN7O/c1-21(2,3)28-10-7-15(8-11-28)20-23-9-6-16(25-20)13-30-19-5-4-17(12-18(19)22)29-14-24-26-27-29/h4-6,9,12,14-15H,7-8,10-11,13H2,1-3H3. The van der Waals surface area contributed by atoms with Gasteiger partial charge in [-0.3, -0.25) is 4.90 Å². The lowest BCUT2D eigenvalue weighted by Crippen LogP contribution is -2.45. The summed E-state index contributed by atoms with van der Waals surface area (Å²) in [7, 11) is 0. The second-order valence-electron chi connectivity index (χ2n) is 8.50. The predicted molar refractivity (Wildman–Crippen MR) is 109 cm³/mol. The first kappa shape index (κ1) is 20.3. The molecule has 1 fully saturated rings. The molecule has 30 heavy (non-hydrogen) atoms. The van der Waals surface area contributed by atoms with Crippen molar-refractivity contribution in [2.75, 3.05) is 13.1 Å². The van der Waals surface area contributed by atoms with Gasteiger partial charge in [0.25, 0.3) is 0 Å². The molecule has 3 heterocycles. The van der Waals surface area contributed by atoms with Gasteiger partial charge in [0.15, 0.2) is 11.6 Å². The molecule has 2 aromatic heterocycles. The van der Waals surface area contributed by atoms with Crippen LogP contribution in [0.1, 0.15) is 51.0 Å². The van der Waals surface area contributed by atoms with E-state index in [1.54, 1.807) is 24.4 Å². The molecule has 1 aliphatic rings. The van der Waals surface area contributed by atoms with Gasteiger partial charge in [0, 0.05) is 23.7 Å². The first-order valence-electron chi connectivity index (χ1n) is 10.1. The summed E-state index contributed by atoms with van der Waals surface area (Å²) in [5.74, 6) is 0.868. The van der Waals surface area contributed by atoms with Crippen LogP contribution in [0.15, 0.2) is 36.8 Å². The molecule has 1 aromatic carbocycles. The van der Waals surface area contributed by atoms with Gasteiger partial charge in [0.05, 0.1) is 11.4 Å². The van der Waals surface area contributed by atoms with Gasteiger partial charge >= 0.3 is 0 Å². The number of rotatable bonds is 5. The molecule has 3 aromatic rings. The fourth-order valence-electron chi connectivity index (χ4n) is 3.68. The number of halogens is 1. The van der Waals surface area contributed by atoms with E-state index in [9.17, 15) is 4.39 Å². The van der Waals surface area contributed by atoms with Gasteiger partial charge < -0.3 is 4.74 Å². The Hall–Kier alpha value is -2.94. The predicted octanol–water partition coefficient (Wildman–Crippen LogP) is 3.15. The summed E-state index contributed by atoms with van der Waals surface area (Å²) >= 11 is 0. The van der Waals surface area contributed by atoms with Crippen LogP contribution in [0.5, 0.6) is 5.75 Å². The Labute approximate surface area is 175 Å². The summed E-state index contributed by atoms with van der Waals surface area (Å²) < 4.78 is 21.5. The van der Waals surface area contributed by atoms with E-state index in [4.69, 9.17) is 4.74 Å². The van der Waals surface area contributed by atoms with Crippen molar-refractivity contribution in [2.45, 2.75) is 51.7 Å². The SMILES string of the molecule is CC(C)(C)N1CCC(c2nccc(COc3ccc(-n4cnnn4)cc3F)n2)CC1. The maximum atomic E-state index is 14.4. The van der Waals surface area contributed by atoms with Gasteiger partial charge in [-0.2, -0.15) is 0 Å². The Bertz CT molecular complexity index is 979. The van der Waals surface area contributed by atoms with E-state index >= 15 is 0 Å². The third kappa shape index (κ3) is 4.62. The minimum absolute atomic E-state index is 0.158. The molecule has 1 aliphatic heterocycles. The Kier molecular flexibility index (Phi) is 5.72. The highest BCUT2D eigenvalue weighted by Gasteiger charge is 2.28. The second kappa shape index (κ2) is 8.43. The van der Waals surface area contributed by atoms with Crippen molar-refractivity contribution >= 4 is 0 Å². The Balaban J connectivity index is 1.38. The highest BCUT2D eigenvalue weighted by atomic mass is 19.1. The molecular weight excluding hydrogens is 385 g/mol. The van der Waals surface area contributed by atoms with Gasteiger partial charge in [-0.25, -0.2) is 19.0 Å². The van der Waals surface area contributed by atoms with E-state index in [1.165, 1.54) is 17.1 Å². The Morgan fingerprint density at radius 3 is 2.63 bits per heavy atom. The summed E-state index contributed by atoms with van der Waals surface area (Å²) in [6.07, 6.45) is 5.24. The molecule has 0 aliphatic carbocycles. The maximum Gasteiger partial charge on any atom is 0.167 e. The molecule has 0 bridgehead atoms. The number of ether oxygens (including phenoxy) is 1. The van der Waals surface area contributed by atoms with Gasteiger partial charge in [-0.1, -0.05) is 0 Å². The molecule has 0 unspecified atom stereocenters. The number of nitrogens with zero attached hydrogens (tertiary/aromatic N) is 7. The summed E-state index contributed by atoms with van der Waals surface area (Å²) in [6, 6.07) is 6.40. The van der Waals surface area contributed by atoms with E-state index < -0.39 is 5.82 Å². The van der Waals surface area contributed by atoms with Gasteiger partial charge in [0.1, 0.15) is 18.8 Å². The lowest BCUT2D eigenvalue weighted by molar-refractivity contribution is 0.101. The number of hydrogen-bond acceptors (Lipinski definition) is 7. The van der Waals surface area contributed by atoms with Gasteiger partial charge in [-0.15, -0.1) is 5.10 Å². The third-order valence-electron chi connectivity index (χ3n) is 5.45. The van der Waals surface area contributed by atoms with Crippen LogP contribution < -0.4 is 4.74 Å². The lowest BCUT2D eigenvalue weighted by Gasteiger charge is -2.40. The smallest absolute Gasteiger partial charge is 0.167 e. The zero-order valence-corrected chi connectivity index (χ0v) is 17.5. The van der Waals surface area contributed by atoms with E-state index in [2.05, 4.69) is 51.2 Å². The van der Waals surface area contributed by atoms with Crippen molar-refractivity contribution in [3.05, 3.63) is 54.1 Å². The first-order chi connectivity index (χ1) is 14.4. The van der Waals surface area contributed by atoms with Crippen LogP contribution in [0.3, 0.4) is 0 Å². The molecule has 4 rings (SSSR count). The average molecular weight is 411 g/mol. The summed E-state index contributed by atoms with van der Waals surface area (Å²) in [4.78, 5) is 11.7. The quantitative estimate of drug-likeness (QED) is 0.638. The van der Waals surface area contributed by atoms with Crippen LogP contribution in [0.25, 0.3) is 5.69 Å². The normalized spacial score (nSPS) is 16.0. The topological polar surface area (TPSA) is 81.9 Å². The minimum atomic E-state index is -0.480. The highest BCUT2D eigenvalue weighted by Crippen LogP contribution is 2.29. The number of benzene rings is 1. The molecule has 0 amide bonds. The Morgan fingerprint density at radius 2 is 1.97 bits per heavy atom.